The van der Waals surface area contributed by atoms with E-state index >= 15 is 0 Å². The number of benzene rings is 1. The van der Waals surface area contributed by atoms with Gasteiger partial charge in [-0.25, -0.2) is 9.97 Å². The van der Waals surface area contributed by atoms with E-state index in [-0.39, 0.29) is 24.5 Å². The highest BCUT2D eigenvalue weighted by molar-refractivity contribution is 5.94. The molecular formula is C17H22N4O2. The molecule has 2 rings (SSSR count). The number of rotatable bonds is 6. The molecule has 1 atom stereocenters. The highest BCUT2D eigenvalue weighted by atomic mass is 16.3. The average Bonchev–Trinajstić information content (AvgIpc) is 2.54. The predicted octanol–water partition coefficient (Wildman–Crippen LogP) is 1.86. The molecule has 2 aromatic rings. The second-order valence-electron chi connectivity index (χ2n) is 5.89. The van der Waals surface area contributed by atoms with Crippen LogP contribution in [-0.4, -0.2) is 33.6 Å². The number of hydrogen-bond acceptors (Lipinski definition) is 5. The molecule has 23 heavy (non-hydrogen) atoms. The summed E-state index contributed by atoms with van der Waals surface area (Å²) < 4.78 is 0. The first-order chi connectivity index (χ1) is 11.0. The Morgan fingerprint density at radius 1 is 1.17 bits per heavy atom. The molecule has 0 saturated heterocycles. The molecule has 0 spiro atoms. The third-order valence-electron chi connectivity index (χ3n) is 3.46. The number of amides is 1. The Kier molecular flexibility index (Phi) is 5.65. The third-order valence-corrected chi connectivity index (χ3v) is 3.46. The topological polar surface area (TPSA) is 101 Å². The van der Waals surface area contributed by atoms with E-state index in [4.69, 9.17) is 5.73 Å². The minimum absolute atomic E-state index is 0.0647. The van der Waals surface area contributed by atoms with Crippen molar-refractivity contribution in [2.24, 2.45) is 5.92 Å². The molecule has 122 valence electrons. The lowest BCUT2D eigenvalue weighted by Crippen LogP contribution is -2.38. The van der Waals surface area contributed by atoms with Gasteiger partial charge < -0.3 is 16.2 Å². The van der Waals surface area contributed by atoms with Crippen LogP contribution in [0, 0.1) is 5.92 Å². The zero-order chi connectivity index (χ0) is 16.8. The Morgan fingerprint density at radius 3 is 2.30 bits per heavy atom. The third kappa shape index (κ3) is 4.75. The Hall–Kier alpha value is -2.47. The molecule has 0 bridgehead atoms. The first kappa shape index (κ1) is 16.9. The number of nitrogens with zero attached hydrogens (tertiary/aromatic N) is 2. The standard InChI is InChI=1S/C17H22N4O2/c1-11(2)7-15(10-22)21-16(23)13-5-3-12(4-6-13)14-8-19-17(18)20-9-14/h3-6,8-9,11,15,22H,7,10H2,1-2H3,(H,21,23)(H2,18,19,20)/t15-/m0/s1. The molecule has 1 amide bonds. The van der Waals surface area contributed by atoms with Gasteiger partial charge in [-0.2, -0.15) is 0 Å². The lowest BCUT2D eigenvalue weighted by Gasteiger charge is -2.18. The van der Waals surface area contributed by atoms with Gasteiger partial charge >= 0.3 is 0 Å². The molecular weight excluding hydrogens is 292 g/mol. The van der Waals surface area contributed by atoms with E-state index in [2.05, 4.69) is 29.1 Å². The zero-order valence-corrected chi connectivity index (χ0v) is 13.4. The van der Waals surface area contributed by atoms with Crippen molar-refractivity contribution in [1.29, 1.82) is 0 Å². The highest BCUT2D eigenvalue weighted by Gasteiger charge is 2.14. The van der Waals surface area contributed by atoms with E-state index in [1.54, 1.807) is 24.5 Å². The maximum absolute atomic E-state index is 12.2. The van der Waals surface area contributed by atoms with Crippen molar-refractivity contribution in [2.45, 2.75) is 26.3 Å². The minimum Gasteiger partial charge on any atom is -0.394 e. The number of carbonyl (C=O) groups is 1. The van der Waals surface area contributed by atoms with Gasteiger partial charge in [0.1, 0.15) is 0 Å². The van der Waals surface area contributed by atoms with E-state index < -0.39 is 0 Å². The highest BCUT2D eigenvalue weighted by Crippen LogP contribution is 2.18. The number of aromatic nitrogens is 2. The summed E-state index contributed by atoms with van der Waals surface area (Å²) in [6.07, 6.45) is 4.02. The second-order valence-corrected chi connectivity index (χ2v) is 5.89. The van der Waals surface area contributed by atoms with Crippen molar-refractivity contribution < 1.29 is 9.90 Å². The van der Waals surface area contributed by atoms with Gasteiger partial charge in [0, 0.05) is 23.5 Å². The number of carbonyl (C=O) groups excluding carboxylic acids is 1. The minimum atomic E-state index is -0.229. The zero-order valence-electron chi connectivity index (χ0n) is 13.4. The molecule has 0 radical (unpaired) electrons. The largest absolute Gasteiger partial charge is 0.394 e. The van der Waals surface area contributed by atoms with E-state index in [9.17, 15) is 9.90 Å². The number of aliphatic hydroxyl groups is 1. The number of aliphatic hydroxyl groups excluding tert-OH is 1. The van der Waals surface area contributed by atoms with Gasteiger partial charge in [-0.1, -0.05) is 26.0 Å². The van der Waals surface area contributed by atoms with Crippen LogP contribution >= 0.6 is 0 Å². The smallest absolute Gasteiger partial charge is 0.251 e. The van der Waals surface area contributed by atoms with E-state index in [0.29, 0.717) is 11.5 Å². The van der Waals surface area contributed by atoms with Crippen LogP contribution in [0.3, 0.4) is 0 Å². The van der Waals surface area contributed by atoms with Crippen molar-refractivity contribution in [3.63, 3.8) is 0 Å². The first-order valence-corrected chi connectivity index (χ1v) is 7.59. The molecule has 6 nitrogen and oxygen atoms in total. The number of anilines is 1. The van der Waals surface area contributed by atoms with E-state index in [1.165, 1.54) is 0 Å². The maximum Gasteiger partial charge on any atom is 0.251 e. The van der Waals surface area contributed by atoms with Crippen molar-refractivity contribution in [1.82, 2.24) is 15.3 Å². The van der Waals surface area contributed by atoms with Gasteiger partial charge in [0.15, 0.2) is 0 Å². The molecule has 0 aliphatic heterocycles. The molecule has 0 aliphatic carbocycles. The van der Waals surface area contributed by atoms with Gasteiger partial charge in [-0.15, -0.1) is 0 Å². The van der Waals surface area contributed by atoms with E-state index in [1.807, 2.05) is 12.1 Å². The quantitative estimate of drug-likeness (QED) is 0.755. The lowest BCUT2D eigenvalue weighted by atomic mass is 10.0. The SMILES string of the molecule is CC(C)C[C@@H](CO)NC(=O)c1ccc(-c2cnc(N)nc2)cc1. The predicted molar refractivity (Wildman–Crippen MR) is 89.7 cm³/mol. The summed E-state index contributed by atoms with van der Waals surface area (Å²) in [4.78, 5) is 20.1. The van der Waals surface area contributed by atoms with Crippen LogP contribution in [0.4, 0.5) is 5.95 Å². The normalized spacial score (nSPS) is 12.2. The van der Waals surface area contributed by atoms with Gasteiger partial charge in [-0.3, -0.25) is 4.79 Å². The van der Waals surface area contributed by atoms with Gasteiger partial charge in [0.05, 0.1) is 12.6 Å². The molecule has 0 saturated carbocycles. The van der Waals surface area contributed by atoms with Crippen LogP contribution < -0.4 is 11.1 Å². The van der Waals surface area contributed by atoms with Crippen LogP contribution in [0.25, 0.3) is 11.1 Å². The average molecular weight is 314 g/mol. The first-order valence-electron chi connectivity index (χ1n) is 7.59. The summed E-state index contributed by atoms with van der Waals surface area (Å²) in [5, 5.41) is 12.2. The summed E-state index contributed by atoms with van der Waals surface area (Å²) in [7, 11) is 0. The summed E-state index contributed by atoms with van der Waals surface area (Å²) in [5.41, 5.74) is 7.75. The number of nitrogens with two attached hydrogens (primary N) is 1. The second kappa shape index (κ2) is 7.69. The van der Waals surface area contributed by atoms with Crippen molar-refractivity contribution >= 4 is 11.9 Å². The molecule has 4 N–H and O–H groups in total. The molecule has 0 fully saturated rings. The molecule has 0 unspecified atom stereocenters. The van der Waals surface area contributed by atoms with Gasteiger partial charge in [0.25, 0.3) is 5.91 Å². The Bertz CT molecular complexity index is 639. The Balaban J connectivity index is 2.06. The van der Waals surface area contributed by atoms with Crippen LogP contribution in [0.1, 0.15) is 30.6 Å². The van der Waals surface area contributed by atoms with Gasteiger partial charge in [-0.05, 0) is 30.0 Å². The summed E-state index contributed by atoms with van der Waals surface area (Å²) in [6, 6.07) is 6.92. The van der Waals surface area contributed by atoms with Crippen LogP contribution in [-0.2, 0) is 0 Å². The summed E-state index contributed by atoms with van der Waals surface area (Å²) in [6.45, 7) is 4.04. The van der Waals surface area contributed by atoms with Crippen LogP contribution in [0.15, 0.2) is 36.7 Å². The number of nitrogens with one attached hydrogen (secondary N) is 1. The maximum atomic E-state index is 12.2. The molecule has 1 aromatic carbocycles. The number of hydrogen-bond donors (Lipinski definition) is 3. The fraction of sp³-hybridized carbons (Fsp3) is 0.353. The molecule has 1 aromatic heterocycles. The summed E-state index contributed by atoms with van der Waals surface area (Å²) >= 11 is 0. The molecule has 0 aliphatic rings. The Labute approximate surface area is 135 Å². The van der Waals surface area contributed by atoms with Crippen molar-refractivity contribution in [3.8, 4) is 11.1 Å². The van der Waals surface area contributed by atoms with Gasteiger partial charge in [0.2, 0.25) is 5.95 Å². The van der Waals surface area contributed by atoms with Crippen LogP contribution in [0.2, 0.25) is 0 Å². The monoisotopic (exact) mass is 314 g/mol. The molecule has 1 heterocycles. The van der Waals surface area contributed by atoms with E-state index in [0.717, 1.165) is 17.5 Å². The van der Waals surface area contributed by atoms with Crippen LogP contribution in [0.5, 0.6) is 0 Å². The fourth-order valence-electron chi connectivity index (χ4n) is 2.32. The number of nitrogen functional groups attached to an aromatic ring is 1. The Morgan fingerprint density at radius 2 is 1.78 bits per heavy atom. The summed E-state index contributed by atoms with van der Waals surface area (Å²) in [5.74, 6) is 0.440. The van der Waals surface area contributed by atoms with Crippen molar-refractivity contribution in [3.05, 3.63) is 42.2 Å². The van der Waals surface area contributed by atoms with Crippen molar-refractivity contribution in [2.75, 3.05) is 12.3 Å². The lowest BCUT2D eigenvalue weighted by molar-refractivity contribution is 0.0908. The fourth-order valence-corrected chi connectivity index (χ4v) is 2.32. The molecule has 6 heteroatoms.